The molecule has 0 saturated heterocycles. The standard InChI is InChI=1S/C13H17NO3/c1-8-6-11(7-9(2)10(8)3)12(14-17)4-5-13(15)16/h6-7,17H,4-5H2,1-3H3,(H,15,16)/b14-12+. The highest BCUT2D eigenvalue weighted by Crippen LogP contribution is 2.17. The first kappa shape index (κ1) is 13.2. The lowest BCUT2D eigenvalue weighted by Crippen LogP contribution is -2.06. The first-order valence-corrected chi connectivity index (χ1v) is 5.46. The van der Waals surface area contributed by atoms with Gasteiger partial charge in [0.15, 0.2) is 0 Å². The quantitative estimate of drug-likeness (QED) is 0.479. The van der Waals surface area contributed by atoms with Gasteiger partial charge in [0.1, 0.15) is 0 Å². The predicted molar refractivity (Wildman–Crippen MR) is 65.8 cm³/mol. The average Bonchev–Trinajstić information content (AvgIpc) is 2.26. The number of rotatable bonds is 4. The first-order chi connectivity index (χ1) is 7.95. The summed E-state index contributed by atoms with van der Waals surface area (Å²) < 4.78 is 0. The van der Waals surface area contributed by atoms with Crippen LogP contribution in [0.25, 0.3) is 0 Å². The molecule has 0 atom stereocenters. The van der Waals surface area contributed by atoms with Crippen molar-refractivity contribution in [1.29, 1.82) is 0 Å². The van der Waals surface area contributed by atoms with Crippen LogP contribution in [0.5, 0.6) is 0 Å². The normalized spacial score (nSPS) is 11.6. The van der Waals surface area contributed by atoms with Crippen molar-refractivity contribution < 1.29 is 15.1 Å². The highest BCUT2D eigenvalue weighted by molar-refractivity contribution is 6.01. The molecule has 0 amide bonds. The molecule has 0 radical (unpaired) electrons. The molecule has 1 aromatic rings. The number of oxime groups is 1. The summed E-state index contributed by atoms with van der Waals surface area (Å²) in [6.07, 6.45) is 0.194. The van der Waals surface area contributed by atoms with Crippen molar-refractivity contribution in [2.75, 3.05) is 0 Å². The molecule has 0 saturated carbocycles. The fraction of sp³-hybridized carbons (Fsp3) is 0.385. The second-order valence-electron chi connectivity index (χ2n) is 4.18. The lowest BCUT2D eigenvalue weighted by atomic mass is 9.96. The molecule has 1 rings (SSSR count). The van der Waals surface area contributed by atoms with Crippen molar-refractivity contribution >= 4 is 11.7 Å². The maximum atomic E-state index is 10.5. The Kier molecular flexibility index (Phi) is 4.26. The third kappa shape index (κ3) is 3.31. The van der Waals surface area contributed by atoms with Crippen molar-refractivity contribution in [3.05, 3.63) is 34.4 Å². The Bertz CT molecular complexity index is 441. The molecule has 4 heteroatoms. The molecule has 17 heavy (non-hydrogen) atoms. The number of benzene rings is 1. The molecule has 1 aromatic carbocycles. The van der Waals surface area contributed by atoms with E-state index in [1.807, 2.05) is 32.9 Å². The van der Waals surface area contributed by atoms with Gasteiger partial charge in [-0.05, 0) is 55.2 Å². The number of carboxylic acid groups (broad SMARTS) is 1. The minimum absolute atomic E-state index is 0.0363. The van der Waals surface area contributed by atoms with Gasteiger partial charge in [-0.15, -0.1) is 0 Å². The van der Waals surface area contributed by atoms with Crippen LogP contribution in [0.3, 0.4) is 0 Å². The van der Waals surface area contributed by atoms with Crippen molar-refractivity contribution in [2.45, 2.75) is 33.6 Å². The summed E-state index contributed by atoms with van der Waals surface area (Å²) in [5, 5.41) is 20.8. The molecule has 0 fully saturated rings. The number of hydrogen-bond acceptors (Lipinski definition) is 3. The third-order valence-electron chi connectivity index (χ3n) is 2.96. The van der Waals surface area contributed by atoms with Crippen LogP contribution in [0.2, 0.25) is 0 Å². The van der Waals surface area contributed by atoms with E-state index in [1.54, 1.807) is 0 Å². The molecule has 4 nitrogen and oxygen atoms in total. The molecule has 92 valence electrons. The Labute approximate surface area is 101 Å². The molecular weight excluding hydrogens is 218 g/mol. The Morgan fingerprint density at radius 2 is 1.71 bits per heavy atom. The van der Waals surface area contributed by atoms with E-state index in [1.165, 1.54) is 5.56 Å². The van der Waals surface area contributed by atoms with E-state index in [0.29, 0.717) is 5.71 Å². The summed E-state index contributed by atoms with van der Waals surface area (Å²) in [4.78, 5) is 10.5. The van der Waals surface area contributed by atoms with Crippen LogP contribution in [0.1, 0.15) is 35.1 Å². The van der Waals surface area contributed by atoms with E-state index in [0.717, 1.165) is 16.7 Å². The summed E-state index contributed by atoms with van der Waals surface area (Å²) in [5.41, 5.74) is 4.62. The molecule has 0 aliphatic rings. The topological polar surface area (TPSA) is 69.9 Å². The molecule has 0 aromatic heterocycles. The van der Waals surface area contributed by atoms with Gasteiger partial charge in [0.05, 0.1) is 12.1 Å². The fourth-order valence-electron chi connectivity index (χ4n) is 1.68. The van der Waals surface area contributed by atoms with Crippen LogP contribution >= 0.6 is 0 Å². The zero-order valence-corrected chi connectivity index (χ0v) is 10.3. The number of carboxylic acids is 1. The second-order valence-corrected chi connectivity index (χ2v) is 4.18. The minimum Gasteiger partial charge on any atom is -0.481 e. The van der Waals surface area contributed by atoms with E-state index >= 15 is 0 Å². The van der Waals surface area contributed by atoms with Crippen molar-refractivity contribution in [1.82, 2.24) is 0 Å². The Morgan fingerprint density at radius 3 is 2.12 bits per heavy atom. The van der Waals surface area contributed by atoms with E-state index in [9.17, 15) is 4.79 Å². The smallest absolute Gasteiger partial charge is 0.303 e. The van der Waals surface area contributed by atoms with Crippen LogP contribution in [0, 0.1) is 20.8 Å². The second kappa shape index (κ2) is 5.48. The molecule has 0 bridgehead atoms. The summed E-state index contributed by atoms with van der Waals surface area (Å²) in [7, 11) is 0. The molecular formula is C13H17NO3. The van der Waals surface area contributed by atoms with Crippen molar-refractivity contribution in [3.63, 3.8) is 0 Å². The van der Waals surface area contributed by atoms with Crippen molar-refractivity contribution in [3.8, 4) is 0 Å². The number of nitrogens with zero attached hydrogens (tertiary/aromatic N) is 1. The highest BCUT2D eigenvalue weighted by Gasteiger charge is 2.09. The van der Waals surface area contributed by atoms with Gasteiger partial charge in [-0.1, -0.05) is 5.16 Å². The van der Waals surface area contributed by atoms with E-state index in [2.05, 4.69) is 5.16 Å². The lowest BCUT2D eigenvalue weighted by Gasteiger charge is -2.09. The Morgan fingerprint density at radius 1 is 1.18 bits per heavy atom. The molecule has 2 N–H and O–H groups in total. The van der Waals surface area contributed by atoms with Gasteiger partial charge < -0.3 is 10.3 Å². The molecule has 0 aliphatic carbocycles. The van der Waals surface area contributed by atoms with Gasteiger partial charge in [-0.25, -0.2) is 0 Å². The van der Waals surface area contributed by atoms with Gasteiger partial charge in [0.25, 0.3) is 0 Å². The Hall–Kier alpha value is -1.84. The summed E-state index contributed by atoms with van der Waals surface area (Å²) >= 11 is 0. The number of aryl methyl sites for hydroxylation is 2. The van der Waals surface area contributed by atoms with Gasteiger partial charge >= 0.3 is 5.97 Å². The van der Waals surface area contributed by atoms with E-state index < -0.39 is 5.97 Å². The molecule has 0 aliphatic heterocycles. The summed E-state index contributed by atoms with van der Waals surface area (Å²) in [6.45, 7) is 6.00. The van der Waals surface area contributed by atoms with E-state index in [-0.39, 0.29) is 12.8 Å². The summed E-state index contributed by atoms with van der Waals surface area (Å²) in [6, 6.07) is 3.83. The maximum Gasteiger partial charge on any atom is 0.303 e. The number of aliphatic carboxylic acids is 1. The molecule has 0 spiro atoms. The monoisotopic (exact) mass is 235 g/mol. The zero-order chi connectivity index (χ0) is 13.0. The SMILES string of the molecule is Cc1cc(/C(CCC(=O)O)=N/O)cc(C)c1C. The zero-order valence-electron chi connectivity index (χ0n) is 10.3. The number of carbonyl (C=O) groups is 1. The fourth-order valence-corrected chi connectivity index (χ4v) is 1.68. The van der Waals surface area contributed by atoms with Crippen LogP contribution in [0.4, 0.5) is 0 Å². The minimum atomic E-state index is -0.897. The lowest BCUT2D eigenvalue weighted by molar-refractivity contribution is -0.136. The Balaban J connectivity index is 3.01. The van der Waals surface area contributed by atoms with Gasteiger partial charge in [-0.3, -0.25) is 4.79 Å². The average molecular weight is 235 g/mol. The van der Waals surface area contributed by atoms with Gasteiger partial charge in [0, 0.05) is 6.42 Å². The molecule has 0 heterocycles. The first-order valence-electron chi connectivity index (χ1n) is 5.46. The van der Waals surface area contributed by atoms with Crippen LogP contribution < -0.4 is 0 Å². The highest BCUT2D eigenvalue weighted by atomic mass is 16.4. The largest absolute Gasteiger partial charge is 0.481 e. The third-order valence-corrected chi connectivity index (χ3v) is 2.96. The van der Waals surface area contributed by atoms with Crippen LogP contribution in [0.15, 0.2) is 17.3 Å². The van der Waals surface area contributed by atoms with Crippen LogP contribution in [-0.2, 0) is 4.79 Å². The maximum absolute atomic E-state index is 10.5. The van der Waals surface area contributed by atoms with Crippen LogP contribution in [-0.4, -0.2) is 22.0 Å². The van der Waals surface area contributed by atoms with Crippen molar-refractivity contribution in [2.24, 2.45) is 5.16 Å². The van der Waals surface area contributed by atoms with Gasteiger partial charge in [-0.2, -0.15) is 0 Å². The number of hydrogen-bond donors (Lipinski definition) is 2. The summed E-state index contributed by atoms with van der Waals surface area (Å²) in [5.74, 6) is -0.897. The predicted octanol–water partition coefficient (Wildman–Crippen LogP) is 2.65. The van der Waals surface area contributed by atoms with E-state index in [4.69, 9.17) is 10.3 Å². The molecule has 0 unspecified atom stereocenters. The van der Waals surface area contributed by atoms with Gasteiger partial charge in [0.2, 0.25) is 0 Å².